The molecule has 0 spiro atoms. The van der Waals surface area contributed by atoms with E-state index in [9.17, 15) is 4.39 Å². The van der Waals surface area contributed by atoms with Crippen LogP contribution < -0.4 is 15.9 Å². The predicted octanol–water partition coefficient (Wildman–Crippen LogP) is -0.904. The zero-order valence-corrected chi connectivity index (χ0v) is 6.99. The Kier molecular flexibility index (Phi) is 2.74. The summed E-state index contributed by atoms with van der Waals surface area (Å²) in [6.07, 6.45) is 0. The van der Waals surface area contributed by atoms with Gasteiger partial charge in [0.05, 0.1) is 12.8 Å². The first kappa shape index (κ1) is 9.82. The molecule has 0 aromatic heterocycles. The molecule has 1 aromatic carbocycles. The number of ether oxygens (including phenoxy) is 1. The fourth-order valence-electron chi connectivity index (χ4n) is 0.993. The van der Waals surface area contributed by atoms with Gasteiger partial charge >= 0.3 is 7.12 Å². The summed E-state index contributed by atoms with van der Waals surface area (Å²) in [6.45, 7) is 0. The van der Waals surface area contributed by atoms with Crippen molar-refractivity contribution in [3.8, 4) is 5.75 Å². The molecule has 0 aliphatic rings. The number of methoxy groups -OCH3 is 1. The van der Waals surface area contributed by atoms with Gasteiger partial charge in [-0.2, -0.15) is 0 Å². The highest BCUT2D eigenvalue weighted by molar-refractivity contribution is 6.58. The number of hydrogen-bond donors (Lipinski definition) is 3. The van der Waals surface area contributed by atoms with Gasteiger partial charge in [-0.15, -0.1) is 0 Å². The molecule has 0 bridgehead atoms. The predicted molar refractivity (Wildman–Crippen MR) is 47.2 cm³/mol. The lowest BCUT2D eigenvalue weighted by Crippen LogP contribution is -2.33. The molecule has 13 heavy (non-hydrogen) atoms. The molecule has 0 radical (unpaired) electrons. The van der Waals surface area contributed by atoms with E-state index in [2.05, 4.69) is 4.74 Å². The minimum atomic E-state index is -1.87. The maximum absolute atomic E-state index is 13.3. The third-order valence-electron chi connectivity index (χ3n) is 1.64. The average molecular weight is 185 g/mol. The molecule has 4 nitrogen and oxygen atoms in total. The number of benzene rings is 1. The van der Waals surface area contributed by atoms with Crippen molar-refractivity contribution < 1.29 is 19.2 Å². The molecular weight excluding hydrogens is 176 g/mol. The molecule has 0 saturated heterocycles. The van der Waals surface area contributed by atoms with Crippen LogP contribution in [0.25, 0.3) is 0 Å². The maximum Gasteiger partial charge on any atom is 0.491 e. The summed E-state index contributed by atoms with van der Waals surface area (Å²) in [7, 11) is -0.614. The van der Waals surface area contributed by atoms with E-state index in [1.807, 2.05) is 0 Å². The van der Waals surface area contributed by atoms with Crippen LogP contribution in [0.4, 0.5) is 10.1 Å². The lowest BCUT2D eigenvalue weighted by Gasteiger charge is -2.08. The van der Waals surface area contributed by atoms with Crippen LogP contribution in [0, 0.1) is 5.82 Å². The zero-order chi connectivity index (χ0) is 10.0. The van der Waals surface area contributed by atoms with E-state index in [4.69, 9.17) is 15.8 Å². The topological polar surface area (TPSA) is 75.7 Å². The number of nitrogens with two attached hydrogens (primary N) is 1. The summed E-state index contributed by atoms with van der Waals surface area (Å²) in [6, 6.07) is 2.54. The SMILES string of the molecule is COc1c(N)ccc(B(O)O)c1F. The summed E-state index contributed by atoms with van der Waals surface area (Å²) in [5.41, 5.74) is 5.23. The highest BCUT2D eigenvalue weighted by Crippen LogP contribution is 2.22. The van der Waals surface area contributed by atoms with Gasteiger partial charge in [0, 0.05) is 5.46 Å². The Morgan fingerprint density at radius 2 is 2.08 bits per heavy atom. The van der Waals surface area contributed by atoms with Crippen LogP contribution in [0.5, 0.6) is 5.75 Å². The minimum Gasteiger partial charge on any atom is -0.492 e. The van der Waals surface area contributed by atoms with Crippen molar-refractivity contribution in [2.75, 3.05) is 12.8 Å². The molecule has 0 amide bonds. The van der Waals surface area contributed by atoms with E-state index in [0.717, 1.165) is 0 Å². The zero-order valence-electron chi connectivity index (χ0n) is 6.99. The first-order chi connectivity index (χ1) is 6.07. The van der Waals surface area contributed by atoms with Crippen molar-refractivity contribution in [1.82, 2.24) is 0 Å². The summed E-state index contributed by atoms with van der Waals surface area (Å²) >= 11 is 0. The summed E-state index contributed by atoms with van der Waals surface area (Å²) in [4.78, 5) is 0. The van der Waals surface area contributed by atoms with Gasteiger partial charge in [0.1, 0.15) is 0 Å². The second-order valence-corrected chi connectivity index (χ2v) is 2.46. The van der Waals surface area contributed by atoms with E-state index in [-0.39, 0.29) is 16.9 Å². The van der Waals surface area contributed by atoms with Gasteiger partial charge < -0.3 is 20.5 Å². The molecule has 1 rings (SSSR count). The molecule has 0 heterocycles. The lowest BCUT2D eigenvalue weighted by atomic mass is 9.79. The van der Waals surface area contributed by atoms with Gasteiger partial charge in [-0.25, -0.2) is 4.39 Å². The van der Waals surface area contributed by atoms with E-state index < -0.39 is 12.9 Å². The molecule has 0 saturated carbocycles. The van der Waals surface area contributed by atoms with Crippen molar-refractivity contribution >= 4 is 18.3 Å². The fraction of sp³-hybridized carbons (Fsp3) is 0.143. The molecule has 0 unspecified atom stereocenters. The number of nitrogen functional groups attached to an aromatic ring is 1. The molecular formula is C7H9BFNO3. The highest BCUT2D eigenvalue weighted by atomic mass is 19.1. The molecule has 0 atom stereocenters. The first-order valence-corrected chi connectivity index (χ1v) is 3.56. The molecule has 0 aliphatic carbocycles. The van der Waals surface area contributed by atoms with Gasteiger partial charge in [-0.3, -0.25) is 0 Å². The number of rotatable bonds is 2. The molecule has 1 aromatic rings. The lowest BCUT2D eigenvalue weighted by molar-refractivity contribution is 0.386. The monoisotopic (exact) mass is 185 g/mol. The normalized spacial score (nSPS) is 9.85. The molecule has 6 heteroatoms. The van der Waals surface area contributed by atoms with Crippen molar-refractivity contribution in [3.63, 3.8) is 0 Å². The third kappa shape index (κ3) is 1.73. The van der Waals surface area contributed by atoms with Crippen LogP contribution in [0.3, 0.4) is 0 Å². The second kappa shape index (κ2) is 3.63. The molecule has 0 fully saturated rings. The minimum absolute atomic E-state index is 0.115. The van der Waals surface area contributed by atoms with Crippen molar-refractivity contribution in [2.45, 2.75) is 0 Å². The van der Waals surface area contributed by atoms with E-state index in [1.54, 1.807) is 0 Å². The van der Waals surface area contributed by atoms with Gasteiger partial charge in [-0.1, -0.05) is 6.07 Å². The van der Waals surface area contributed by atoms with Crippen LogP contribution in [-0.4, -0.2) is 24.3 Å². The fourth-order valence-corrected chi connectivity index (χ4v) is 0.993. The Balaban J connectivity index is 3.27. The van der Waals surface area contributed by atoms with E-state index in [1.165, 1.54) is 19.2 Å². The Morgan fingerprint density at radius 1 is 1.46 bits per heavy atom. The number of hydrogen-bond acceptors (Lipinski definition) is 4. The highest BCUT2D eigenvalue weighted by Gasteiger charge is 2.20. The standard InChI is InChI=1S/C7H9BFNO3/c1-13-7-5(10)3-2-4(6(7)9)8(11)12/h2-3,11-12H,10H2,1H3. The Morgan fingerprint density at radius 3 is 2.54 bits per heavy atom. The average Bonchev–Trinajstić information content (AvgIpc) is 2.04. The number of halogens is 1. The molecule has 4 N–H and O–H groups in total. The first-order valence-electron chi connectivity index (χ1n) is 3.56. The van der Waals surface area contributed by atoms with Crippen LogP contribution in [0.1, 0.15) is 0 Å². The van der Waals surface area contributed by atoms with E-state index >= 15 is 0 Å². The van der Waals surface area contributed by atoms with Crippen LogP contribution in [0.15, 0.2) is 12.1 Å². The molecule has 70 valence electrons. The Labute approximate surface area is 74.9 Å². The summed E-state index contributed by atoms with van der Waals surface area (Å²) in [5, 5.41) is 17.5. The quantitative estimate of drug-likeness (QED) is 0.412. The van der Waals surface area contributed by atoms with Gasteiger partial charge in [0.15, 0.2) is 11.6 Å². The van der Waals surface area contributed by atoms with Crippen molar-refractivity contribution in [1.29, 1.82) is 0 Å². The second-order valence-electron chi connectivity index (χ2n) is 2.46. The Bertz CT molecular complexity index is 319. The largest absolute Gasteiger partial charge is 0.492 e. The van der Waals surface area contributed by atoms with Crippen LogP contribution >= 0.6 is 0 Å². The van der Waals surface area contributed by atoms with Crippen LogP contribution in [0.2, 0.25) is 0 Å². The molecule has 0 aliphatic heterocycles. The smallest absolute Gasteiger partial charge is 0.491 e. The summed E-state index contributed by atoms with van der Waals surface area (Å²) < 4.78 is 17.9. The maximum atomic E-state index is 13.3. The van der Waals surface area contributed by atoms with E-state index in [0.29, 0.717) is 0 Å². The number of anilines is 1. The van der Waals surface area contributed by atoms with Gasteiger partial charge in [-0.05, 0) is 6.07 Å². The Hall–Kier alpha value is -1.27. The van der Waals surface area contributed by atoms with Crippen molar-refractivity contribution in [2.24, 2.45) is 0 Å². The van der Waals surface area contributed by atoms with Crippen molar-refractivity contribution in [3.05, 3.63) is 17.9 Å². The van der Waals surface area contributed by atoms with Gasteiger partial charge in [0.2, 0.25) is 0 Å². The van der Waals surface area contributed by atoms with Crippen LogP contribution in [-0.2, 0) is 0 Å². The van der Waals surface area contributed by atoms with Gasteiger partial charge in [0.25, 0.3) is 0 Å². The summed E-state index contributed by atoms with van der Waals surface area (Å²) in [5.74, 6) is -1.02. The third-order valence-corrected chi connectivity index (χ3v) is 1.64.